The Morgan fingerprint density at radius 1 is 1.36 bits per heavy atom. The Hall–Kier alpha value is -2.85. The molecule has 1 aliphatic carbocycles. The molecule has 1 fully saturated rings. The molecule has 0 aliphatic heterocycles. The van der Waals surface area contributed by atoms with Gasteiger partial charge in [0.15, 0.2) is 5.69 Å². The summed E-state index contributed by atoms with van der Waals surface area (Å²) in [5, 5.41) is 13.7. The molecule has 0 spiro atoms. The topological polar surface area (TPSA) is 80.1 Å². The standard InChI is InChI=1S/C22H20ClF4N3O3/c1-3-33-20(31)17-12(16-14(23)5-4-6-15(16)24)9-28-18(17)13-10-30(11-7-21(2,32)8-11)29-19(13)22(25,26)27/h4-6,9-11,28,32H,3,7-8H2,1-2H3. The van der Waals surface area contributed by atoms with Gasteiger partial charge in [0.05, 0.1) is 34.5 Å². The number of halogens is 5. The third-order valence-electron chi connectivity index (χ3n) is 5.59. The number of aromatic nitrogens is 3. The molecule has 0 saturated heterocycles. The Labute approximate surface area is 191 Å². The Morgan fingerprint density at radius 2 is 2.06 bits per heavy atom. The molecule has 2 N–H and O–H groups in total. The highest BCUT2D eigenvalue weighted by atomic mass is 35.5. The summed E-state index contributed by atoms with van der Waals surface area (Å²) >= 11 is 6.15. The molecule has 4 rings (SSSR count). The minimum atomic E-state index is -4.83. The molecular weight excluding hydrogens is 466 g/mol. The molecule has 6 nitrogen and oxygen atoms in total. The molecule has 176 valence electrons. The number of H-pyrrole nitrogens is 1. The van der Waals surface area contributed by atoms with Crippen LogP contribution in [0, 0.1) is 5.82 Å². The fourth-order valence-electron chi connectivity index (χ4n) is 4.12. The second-order valence-electron chi connectivity index (χ2n) is 8.20. The molecule has 1 saturated carbocycles. The largest absolute Gasteiger partial charge is 0.462 e. The fraction of sp³-hybridized carbons (Fsp3) is 0.364. The Balaban J connectivity index is 1.92. The van der Waals surface area contributed by atoms with Gasteiger partial charge < -0.3 is 14.8 Å². The van der Waals surface area contributed by atoms with Gasteiger partial charge in [0.1, 0.15) is 5.82 Å². The van der Waals surface area contributed by atoms with Gasteiger partial charge in [0.2, 0.25) is 0 Å². The van der Waals surface area contributed by atoms with E-state index in [1.807, 2.05) is 0 Å². The van der Waals surface area contributed by atoms with E-state index >= 15 is 0 Å². The van der Waals surface area contributed by atoms with Gasteiger partial charge in [-0.2, -0.15) is 18.3 Å². The lowest BCUT2D eigenvalue weighted by molar-refractivity contribution is -0.141. The van der Waals surface area contributed by atoms with Crippen molar-refractivity contribution in [3.63, 3.8) is 0 Å². The predicted molar refractivity (Wildman–Crippen MR) is 112 cm³/mol. The second-order valence-corrected chi connectivity index (χ2v) is 8.60. The van der Waals surface area contributed by atoms with E-state index in [4.69, 9.17) is 16.3 Å². The number of alkyl halides is 3. The Morgan fingerprint density at radius 3 is 2.64 bits per heavy atom. The van der Waals surface area contributed by atoms with Crippen LogP contribution < -0.4 is 0 Å². The number of hydrogen-bond donors (Lipinski definition) is 2. The highest BCUT2D eigenvalue weighted by molar-refractivity contribution is 6.33. The molecule has 11 heteroatoms. The third-order valence-corrected chi connectivity index (χ3v) is 5.90. The van der Waals surface area contributed by atoms with Gasteiger partial charge in [-0.15, -0.1) is 0 Å². The molecule has 0 bridgehead atoms. The summed E-state index contributed by atoms with van der Waals surface area (Å²) in [4.78, 5) is 15.5. The number of esters is 1. The Kier molecular flexibility index (Phi) is 5.78. The van der Waals surface area contributed by atoms with Crippen LogP contribution in [0.25, 0.3) is 22.4 Å². The van der Waals surface area contributed by atoms with Crippen LogP contribution in [0.3, 0.4) is 0 Å². The van der Waals surface area contributed by atoms with E-state index in [0.29, 0.717) is 0 Å². The van der Waals surface area contributed by atoms with Crippen LogP contribution in [0.2, 0.25) is 5.02 Å². The zero-order chi connectivity index (χ0) is 24.1. The second kappa shape index (κ2) is 8.18. The van der Waals surface area contributed by atoms with E-state index in [1.165, 1.54) is 24.5 Å². The lowest BCUT2D eigenvalue weighted by atomic mass is 9.77. The van der Waals surface area contributed by atoms with E-state index < -0.39 is 40.9 Å². The van der Waals surface area contributed by atoms with Crippen molar-refractivity contribution in [1.29, 1.82) is 0 Å². The van der Waals surface area contributed by atoms with Gasteiger partial charge in [-0.1, -0.05) is 17.7 Å². The number of nitrogens with one attached hydrogen (secondary N) is 1. The van der Waals surface area contributed by atoms with Gasteiger partial charge in [-0.3, -0.25) is 4.68 Å². The highest BCUT2D eigenvalue weighted by Gasteiger charge is 2.44. The van der Waals surface area contributed by atoms with Gasteiger partial charge in [-0.25, -0.2) is 9.18 Å². The summed E-state index contributed by atoms with van der Waals surface area (Å²) in [6, 6.07) is 3.47. The average molecular weight is 486 g/mol. The van der Waals surface area contributed by atoms with Gasteiger partial charge in [0.25, 0.3) is 0 Å². The normalized spacial score (nSPS) is 20.5. The molecule has 2 heterocycles. The summed E-state index contributed by atoms with van der Waals surface area (Å²) in [7, 11) is 0. The summed E-state index contributed by atoms with van der Waals surface area (Å²) in [6.45, 7) is 3.09. The van der Waals surface area contributed by atoms with Crippen LogP contribution in [0.5, 0.6) is 0 Å². The quantitative estimate of drug-likeness (QED) is 0.363. The SMILES string of the molecule is CCOC(=O)c1c(-c2c(F)cccc2Cl)c[nH]c1-c1cn(C2CC(C)(O)C2)nc1C(F)(F)F. The van der Waals surface area contributed by atoms with E-state index in [0.717, 1.165) is 10.7 Å². The minimum absolute atomic E-state index is 0.0189. The molecular formula is C22H20ClF4N3O3. The zero-order valence-corrected chi connectivity index (χ0v) is 18.4. The van der Waals surface area contributed by atoms with Gasteiger partial charge in [0, 0.05) is 29.1 Å². The molecule has 33 heavy (non-hydrogen) atoms. The highest BCUT2D eigenvalue weighted by Crippen LogP contribution is 2.45. The number of carbonyl (C=O) groups excluding carboxylic acids is 1. The zero-order valence-electron chi connectivity index (χ0n) is 17.6. The molecule has 1 aromatic carbocycles. The first-order chi connectivity index (χ1) is 15.4. The molecule has 1 aliphatic rings. The van der Waals surface area contributed by atoms with E-state index in [9.17, 15) is 27.5 Å². The first-order valence-corrected chi connectivity index (χ1v) is 10.5. The van der Waals surface area contributed by atoms with Crippen molar-refractivity contribution in [2.24, 2.45) is 0 Å². The van der Waals surface area contributed by atoms with E-state index in [2.05, 4.69) is 10.1 Å². The van der Waals surface area contributed by atoms with Gasteiger partial charge in [-0.05, 0) is 38.8 Å². The molecule has 2 aromatic heterocycles. The maximum absolute atomic E-state index is 14.6. The summed E-state index contributed by atoms with van der Waals surface area (Å²) in [5.41, 5.74) is -3.25. The monoisotopic (exact) mass is 485 g/mol. The van der Waals surface area contributed by atoms with Crippen molar-refractivity contribution >= 4 is 17.6 Å². The van der Waals surface area contributed by atoms with Crippen molar-refractivity contribution in [3.05, 3.63) is 52.7 Å². The minimum Gasteiger partial charge on any atom is -0.462 e. The third kappa shape index (κ3) is 4.24. The first kappa shape index (κ1) is 23.3. The van der Waals surface area contributed by atoms with E-state index in [-0.39, 0.29) is 46.9 Å². The number of nitrogens with zero attached hydrogens (tertiary/aromatic N) is 2. The van der Waals surface area contributed by atoms with Crippen LogP contribution in [-0.2, 0) is 10.9 Å². The lowest BCUT2D eigenvalue weighted by Gasteiger charge is -2.40. The molecule has 0 atom stereocenters. The lowest BCUT2D eigenvalue weighted by Crippen LogP contribution is -2.42. The van der Waals surface area contributed by atoms with Crippen LogP contribution in [0.4, 0.5) is 17.6 Å². The number of carbonyl (C=O) groups is 1. The average Bonchev–Trinajstić information content (AvgIpc) is 3.30. The smallest absolute Gasteiger partial charge is 0.435 e. The Bertz CT molecular complexity index is 1190. The van der Waals surface area contributed by atoms with Crippen LogP contribution in [0.1, 0.15) is 48.8 Å². The number of ether oxygens (including phenoxy) is 1. The van der Waals surface area contributed by atoms with Gasteiger partial charge >= 0.3 is 12.1 Å². The number of benzene rings is 1. The first-order valence-electron chi connectivity index (χ1n) is 10.1. The van der Waals surface area contributed by atoms with Crippen molar-refractivity contribution in [3.8, 4) is 22.4 Å². The van der Waals surface area contributed by atoms with Crippen molar-refractivity contribution in [2.45, 2.75) is 44.5 Å². The number of hydrogen-bond acceptors (Lipinski definition) is 4. The maximum Gasteiger partial charge on any atom is 0.435 e. The predicted octanol–water partition coefficient (Wildman–Crippen LogP) is 5.62. The van der Waals surface area contributed by atoms with Crippen molar-refractivity contribution in [1.82, 2.24) is 14.8 Å². The van der Waals surface area contributed by atoms with Crippen LogP contribution in [-0.4, -0.2) is 38.0 Å². The van der Waals surface area contributed by atoms with Crippen LogP contribution in [0.15, 0.2) is 30.6 Å². The van der Waals surface area contributed by atoms with Crippen molar-refractivity contribution < 1.29 is 32.2 Å². The summed E-state index contributed by atoms with van der Waals surface area (Å²) < 4.78 is 62.5. The molecule has 3 aromatic rings. The summed E-state index contributed by atoms with van der Waals surface area (Å²) in [6.07, 6.45) is -1.98. The van der Waals surface area contributed by atoms with Crippen LogP contribution >= 0.6 is 11.6 Å². The summed E-state index contributed by atoms with van der Waals surface area (Å²) in [5.74, 6) is -1.68. The molecule has 0 amide bonds. The maximum atomic E-state index is 14.6. The number of aromatic amines is 1. The number of rotatable bonds is 5. The van der Waals surface area contributed by atoms with E-state index in [1.54, 1.807) is 13.8 Å². The van der Waals surface area contributed by atoms with Crippen molar-refractivity contribution in [2.75, 3.05) is 6.61 Å². The fourth-order valence-corrected chi connectivity index (χ4v) is 4.38. The molecule has 0 unspecified atom stereocenters. The number of aliphatic hydroxyl groups is 1. The molecule has 0 radical (unpaired) electrons.